The first-order valence-corrected chi connectivity index (χ1v) is 7.44. The number of aliphatic imine (C=N–C) groups is 1. The van der Waals surface area contributed by atoms with Gasteiger partial charge in [-0.1, -0.05) is 11.6 Å². The van der Waals surface area contributed by atoms with Crippen LogP contribution in [0.15, 0.2) is 23.2 Å². The van der Waals surface area contributed by atoms with Crippen LogP contribution in [0.1, 0.15) is 13.3 Å². The lowest BCUT2D eigenvalue weighted by atomic mass is 10.3. The molecule has 0 spiro atoms. The molecule has 0 unspecified atom stereocenters. The molecule has 4 N–H and O–H groups in total. The molecule has 1 rings (SSSR count). The Morgan fingerprint density at radius 1 is 1.53 bits per heavy atom. The second-order valence-electron chi connectivity index (χ2n) is 3.67. The summed E-state index contributed by atoms with van der Waals surface area (Å²) < 4.78 is 6.24. The van der Waals surface area contributed by atoms with Gasteiger partial charge in [-0.2, -0.15) is 0 Å². The molecule has 1 aromatic carbocycles. The van der Waals surface area contributed by atoms with Crippen LogP contribution in [0.25, 0.3) is 0 Å². The van der Waals surface area contributed by atoms with Crippen molar-refractivity contribution < 1.29 is 4.74 Å². The third-order valence-corrected chi connectivity index (χ3v) is 3.37. The van der Waals surface area contributed by atoms with Gasteiger partial charge in [0.25, 0.3) is 0 Å². The molecule has 5 nitrogen and oxygen atoms in total. The van der Waals surface area contributed by atoms with E-state index in [0.717, 1.165) is 22.3 Å². The molecule has 0 heterocycles. The Morgan fingerprint density at radius 3 is 2.95 bits per heavy atom. The third-order valence-electron chi connectivity index (χ3n) is 2.24. The van der Waals surface area contributed by atoms with Crippen LogP contribution in [-0.4, -0.2) is 25.7 Å². The lowest BCUT2D eigenvalue weighted by Crippen LogP contribution is -2.36. The van der Waals surface area contributed by atoms with Gasteiger partial charge in [-0.3, -0.25) is 10.4 Å². The molecule has 0 atom stereocenters. The maximum Gasteiger partial charge on any atom is 0.210 e. The summed E-state index contributed by atoms with van der Waals surface area (Å²) >= 11 is 8.10. The van der Waals surface area contributed by atoms with Crippen LogP contribution in [0.4, 0.5) is 5.69 Å². The van der Waals surface area contributed by atoms with Crippen molar-refractivity contribution >= 4 is 45.8 Å². The lowest BCUT2D eigenvalue weighted by molar-refractivity contribution is 0.146. The summed E-state index contributed by atoms with van der Waals surface area (Å²) in [7, 11) is 0. The minimum Gasteiger partial charge on any atom is -0.382 e. The second-order valence-corrected chi connectivity index (χ2v) is 5.27. The van der Waals surface area contributed by atoms with Crippen LogP contribution in [0.3, 0.4) is 0 Å². The Bertz CT molecular complexity index is 428. The Kier molecular flexibility index (Phi) is 8.11. The summed E-state index contributed by atoms with van der Waals surface area (Å²) in [5.41, 5.74) is 3.45. The molecule has 0 aromatic heterocycles. The number of nitrogens with one attached hydrogen (secondary N) is 2. The highest BCUT2D eigenvalue weighted by molar-refractivity contribution is 14.1. The van der Waals surface area contributed by atoms with E-state index in [1.807, 2.05) is 25.1 Å². The molecule has 0 bridgehead atoms. The number of anilines is 1. The van der Waals surface area contributed by atoms with Gasteiger partial charge in [-0.25, -0.2) is 5.84 Å². The Labute approximate surface area is 132 Å². The molecule has 0 aliphatic heterocycles. The molecule has 19 heavy (non-hydrogen) atoms. The summed E-state index contributed by atoms with van der Waals surface area (Å²) in [5, 5.41) is 3.82. The first-order valence-electron chi connectivity index (χ1n) is 5.98. The van der Waals surface area contributed by atoms with Crippen molar-refractivity contribution in [2.45, 2.75) is 13.3 Å². The van der Waals surface area contributed by atoms with E-state index in [1.165, 1.54) is 0 Å². The molecule has 0 radical (unpaired) electrons. The highest BCUT2D eigenvalue weighted by atomic mass is 127. The van der Waals surface area contributed by atoms with E-state index >= 15 is 0 Å². The van der Waals surface area contributed by atoms with E-state index in [9.17, 15) is 0 Å². The number of hydrazine groups is 1. The van der Waals surface area contributed by atoms with E-state index in [2.05, 4.69) is 38.3 Å². The average molecular weight is 397 g/mol. The van der Waals surface area contributed by atoms with Crippen molar-refractivity contribution in [3.05, 3.63) is 26.8 Å². The summed E-state index contributed by atoms with van der Waals surface area (Å²) in [4.78, 5) is 4.33. The number of benzene rings is 1. The predicted molar refractivity (Wildman–Crippen MR) is 88.5 cm³/mol. The largest absolute Gasteiger partial charge is 0.382 e. The Balaban J connectivity index is 2.53. The van der Waals surface area contributed by atoms with Gasteiger partial charge in [-0.05, 0) is 54.1 Å². The molecule has 0 aliphatic rings. The van der Waals surface area contributed by atoms with Gasteiger partial charge in [0.15, 0.2) is 0 Å². The number of guanidine groups is 1. The molecule has 1 aromatic rings. The minimum absolute atomic E-state index is 0.525. The fraction of sp³-hybridized carbons (Fsp3) is 0.417. The topological polar surface area (TPSA) is 71.7 Å². The highest BCUT2D eigenvalue weighted by Gasteiger charge is 2.03. The van der Waals surface area contributed by atoms with Gasteiger partial charge in [0.05, 0.1) is 5.69 Å². The summed E-state index contributed by atoms with van der Waals surface area (Å²) in [5.74, 6) is 5.96. The molecule has 106 valence electrons. The number of hydrogen-bond donors (Lipinski definition) is 3. The first-order chi connectivity index (χ1) is 9.17. The predicted octanol–water partition coefficient (Wildman–Crippen LogP) is 2.60. The van der Waals surface area contributed by atoms with Crippen LogP contribution < -0.4 is 16.6 Å². The van der Waals surface area contributed by atoms with Crippen LogP contribution >= 0.6 is 34.2 Å². The van der Waals surface area contributed by atoms with E-state index < -0.39 is 0 Å². The van der Waals surface area contributed by atoms with Gasteiger partial charge in [-0.15, -0.1) is 0 Å². The van der Waals surface area contributed by atoms with Crippen LogP contribution in [0, 0.1) is 3.57 Å². The van der Waals surface area contributed by atoms with Crippen molar-refractivity contribution in [2.24, 2.45) is 10.8 Å². The van der Waals surface area contributed by atoms with Crippen molar-refractivity contribution in [1.29, 1.82) is 0 Å². The maximum atomic E-state index is 5.90. The van der Waals surface area contributed by atoms with Crippen molar-refractivity contribution in [2.75, 3.05) is 25.1 Å². The van der Waals surface area contributed by atoms with Gasteiger partial charge in [0.2, 0.25) is 5.96 Å². The van der Waals surface area contributed by atoms with E-state index in [-0.39, 0.29) is 0 Å². The molecule has 0 amide bonds. The molecule has 0 saturated heterocycles. The number of nitrogens with zero attached hydrogens (tertiary/aromatic N) is 1. The zero-order valence-corrected chi connectivity index (χ0v) is 13.7. The van der Waals surface area contributed by atoms with Gasteiger partial charge in [0.1, 0.15) is 0 Å². The maximum absolute atomic E-state index is 5.90. The summed E-state index contributed by atoms with van der Waals surface area (Å²) in [6.45, 7) is 4.06. The fourth-order valence-electron chi connectivity index (χ4n) is 1.34. The van der Waals surface area contributed by atoms with Crippen molar-refractivity contribution in [1.82, 2.24) is 5.43 Å². The second kappa shape index (κ2) is 9.35. The lowest BCUT2D eigenvalue weighted by Gasteiger charge is -2.11. The normalized spacial score (nSPS) is 11.5. The molecule has 0 aliphatic carbocycles. The van der Waals surface area contributed by atoms with E-state index in [1.54, 1.807) is 0 Å². The van der Waals surface area contributed by atoms with Crippen molar-refractivity contribution in [3.63, 3.8) is 0 Å². The zero-order valence-electron chi connectivity index (χ0n) is 10.7. The fourth-order valence-corrected chi connectivity index (χ4v) is 2.35. The van der Waals surface area contributed by atoms with Crippen LogP contribution in [0.5, 0.6) is 0 Å². The molecule has 0 fully saturated rings. The summed E-state index contributed by atoms with van der Waals surface area (Å²) in [6, 6.07) is 5.57. The zero-order chi connectivity index (χ0) is 14.1. The van der Waals surface area contributed by atoms with Gasteiger partial charge in [0, 0.05) is 28.4 Å². The van der Waals surface area contributed by atoms with Gasteiger partial charge < -0.3 is 10.1 Å². The molecular weight excluding hydrogens is 379 g/mol. The summed E-state index contributed by atoms with van der Waals surface area (Å²) in [6.07, 6.45) is 0.860. The highest BCUT2D eigenvalue weighted by Crippen LogP contribution is 2.22. The number of rotatable bonds is 6. The molecule has 7 heteroatoms. The van der Waals surface area contributed by atoms with Crippen LogP contribution in [0.2, 0.25) is 5.02 Å². The number of halogens is 2. The third kappa shape index (κ3) is 6.42. The van der Waals surface area contributed by atoms with Crippen LogP contribution in [-0.2, 0) is 4.74 Å². The van der Waals surface area contributed by atoms with E-state index in [4.69, 9.17) is 22.2 Å². The Hall–Kier alpha value is -0.570. The smallest absolute Gasteiger partial charge is 0.210 e. The van der Waals surface area contributed by atoms with Crippen molar-refractivity contribution in [3.8, 4) is 0 Å². The number of nitrogens with two attached hydrogens (primary N) is 1. The van der Waals surface area contributed by atoms with Gasteiger partial charge >= 0.3 is 0 Å². The SMILES string of the molecule is CCOCCCN=C(NN)Nc1ccc(Cl)cc1I. The monoisotopic (exact) mass is 396 g/mol. The minimum atomic E-state index is 0.525. The quantitative estimate of drug-likeness (QED) is 0.173. The average Bonchev–Trinajstić information content (AvgIpc) is 2.39. The molecule has 0 saturated carbocycles. The first kappa shape index (κ1) is 16.5. The molecular formula is C12H18ClIN4O. The van der Waals surface area contributed by atoms with E-state index in [0.29, 0.717) is 24.1 Å². The standard InChI is InChI=1S/C12H18ClIN4O/c1-2-19-7-3-6-16-12(18-15)17-11-5-4-9(13)8-10(11)14/h4-5,8H,2-3,6-7,15H2,1H3,(H2,16,17,18). The Morgan fingerprint density at radius 2 is 2.32 bits per heavy atom. The number of hydrogen-bond acceptors (Lipinski definition) is 3. The number of ether oxygens (including phenoxy) is 1.